The predicted octanol–water partition coefficient (Wildman–Crippen LogP) is 0.352. The van der Waals surface area contributed by atoms with Crippen molar-refractivity contribution < 1.29 is 5.11 Å². The van der Waals surface area contributed by atoms with Gasteiger partial charge < -0.3 is 10.8 Å². The molecule has 0 radical (unpaired) electrons. The Labute approximate surface area is 73.6 Å². The van der Waals surface area contributed by atoms with E-state index in [2.05, 4.69) is 19.2 Å². The van der Waals surface area contributed by atoms with Gasteiger partial charge in [-0.2, -0.15) is 0 Å². The number of nitrogens with one attached hydrogen (secondary N) is 1. The molecule has 1 aliphatic heterocycles. The Hall–Kier alpha value is -0.380. The Morgan fingerprint density at radius 1 is 1.75 bits per heavy atom. The van der Waals surface area contributed by atoms with Crippen molar-refractivity contribution in [3.63, 3.8) is 0 Å². The lowest BCUT2D eigenvalue weighted by Gasteiger charge is -2.16. The minimum absolute atomic E-state index is 0.0276. The maximum atomic E-state index is 9.53. The van der Waals surface area contributed by atoms with Gasteiger partial charge in [-0.1, -0.05) is 6.08 Å². The van der Waals surface area contributed by atoms with E-state index in [1.54, 1.807) is 0 Å². The second-order valence-electron chi connectivity index (χ2n) is 3.96. The highest BCUT2D eigenvalue weighted by atomic mass is 16.3. The van der Waals surface area contributed by atoms with Crippen LogP contribution in [0.3, 0.4) is 0 Å². The largest absolute Gasteiger partial charge is 0.375 e. The average Bonchev–Trinajstić information content (AvgIpc) is 2.20. The molecule has 70 valence electrons. The van der Waals surface area contributed by atoms with E-state index in [9.17, 15) is 5.11 Å². The summed E-state index contributed by atoms with van der Waals surface area (Å²) in [4.78, 5) is 0. The topological polar surface area (TPSA) is 58.3 Å². The van der Waals surface area contributed by atoms with Gasteiger partial charge in [0.25, 0.3) is 0 Å². The van der Waals surface area contributed by atoms with E-state index in [4.69, 9.17) is 5.73 Å². The molecular weight excluding hydrogens is 152 g/mol. The molecule has 1 atom stereocenters. The van der Waals surface area contributed by atoms with Crippen LogP contribution in [0.5, 0.6) is 0 Å². The lowest BCUT2D eigenvalue weighted by atomic mass is 10.0. The molecular formula is C9H18N2O. The van der Waals surface area contributed by atoms with Crippen molar-refractivity contribution in [1.29, 1.82) is 0 Å². The molecule has 3 nitrogen and oxygen atoms in total. The van der Waals surface area contributed by atoms with E-state index < -0.39 is 6.23 Å². The normalized spacial score (nSPS) is 31.3. The predicted molar refractivity (Wildman–Crippen MR) is 49.6 cm³/mol. The van der Waals surface area contributed by atoms with Crippen LogP contribution in [0.1, 0.15) is 26.7 Å². The zero-order valence-corrected chi connectivity index (χ0v) is 7.80. The standard InChI is InChI=1S/C9H18N2O/c1-9(2)6-7(4-3-5-10)8(12)11-9/h4,8,11-12H,3,5-6,10H2,1-2H3/b7-4-. The molecule has 0 aromatic rings. The Balaban J connectivity index is 2.57. The van der Waals surface area contributed by atoms with Crippen molar-refractivity contribution in [3.05, 3.63) is 11.6 Å². The van der Waals surface area contributed by atoms with Gasteiger partial charge >= 0.3 is 0 Å². The van der Waals surface area contributed by atoms with Crippen LogP contribution in [-0.2, 0) is 0 Å². The highest BCUT2D eigenvalue weighted by Gasteiger charge is 2.32. The maximum absolute atomic E-state index is 9.53. The monoisotopic (exact) mass is 170 g/mol. The Morgan fingerprint density at radius 2 is 2.42 bits per heavy atom. The third-order valence-electron chi connectivity index (χ3n) is 2.10. The molecule has 1 aliphatic rings. The number of rotatable bonds is 2. The number of hydrogen-bond acceptors (Lipinski definition) is 3. The number of hydrogen-bond donors (Lipinski definition) is 3. The summed E-state index contributed by atoms with van der Waals surface area (Å²) in [7, 11) is 0. The van der Waals surface area contributed by atoms with E-state index >= 15 is 0 Å². The lowest BCUT2D eigenvalue weighted by Crippen LogP contribution is -2.37. The van der Waals surface area contributed by atoms with Gasteiger partial charge in [0.05, 0.1) is 0 Å². The molecule has 3 heteroatoms. The maximum Gasteiger partial charge on any atom is 0.127 e. The second kappa shape index (κ2) is 3.56. The second-order valence-corrected chi connectivity index (χ2v) is 3.96. The summed E-state index contributed by atoms with van der Waals surface area (Å²) in [6.07, 6.45) is 3.33. The molecule has 0 aromatic heterocycles. The van der Waals surface area contributed by atoms with Gasteiger partial charge in [-0.25, -0.2) is 0 Å². The first-order valence-electron chi connectivity index (χ1n) is 4.40. The van der Waals surface area contributed by atoms with Crippen molar-refractivity contribution in [2.75, 3.05) is 6.54 Å². The molecule has 0 aliphatic carbocycles. The molecule has 0 amide bonds. The van der Waals surface area contributed by atoms with Crippen molar-refractivity contribution in [3.8, 4) is 0 Å². The van der Waals surface area contributed by atoms with Crippen LogP contribution in [0.15, 0.2) is 11.6 Å². The van der Waals surface area contributed by atoms with E-state index in [0.717, 1.165) is 18.4 Å². The van der Waals surface area contributed by atoms with Crippen LogP contribution >= 0.6 is 0 Å². The highest BCUT2D eigenvalue weighted by Crippen LogP contribution is 2.26. The summed E-state index contributed by atoms with van der Waals surface area (Å²) in [6.45, 7) is 4.82. The third-order valence-corrected chi connectivity index (χ3v) is 2.10. The number of aliphatic hydroxyl groups is 1. The summed E-state index contributed by atoms with van der Waals surface area (Å²) in [5.41, 5.74) is 6.48. The molecule has 1 fully saturated rings. The Bertz CT molecular complexity index is 187. The van der Waals surface area contributed by atoms with Crippen LogP contribution in [0.25, 0.3) is 0 Å². The van der Waals surface area contributed by atoms with Gasteiger partial charge in [-0.15, -0.1) is 0 Å². The molecule has 0 saturated carbocycles. The van der Waals surface area contributed by atoms with Crippen molar-refractivity contribution in [2.45, 2.75) is 38.5 Å². The smallest absolute Gasteiger partial charge is 0.127 e. The molecule has 0 aromatic carbocycles. The van der Waals surface area contributed by atoms with Gasteiger partial charge in [0.15, 0.2) is 0 Å². The quantitative estimate of drug-likeness (QED) is 0.524. The van der Waals surface area contributed by atoms with Crippen LogP contribution in [0, 0.1) is 0 Å². The minimum Gasteiger partial charge on any atom is -0.375 e. The van der Waals surface area contributed by atoms with Gasteiger partial charge in [0, 0.05) is 5.54 Å². The lowest BCUT2D eigenvalue weighted by molar-refractivity contribution is 0.171. The number of nitrogens with two attached hydrogens (primary N) is 1. The Kier molecular flexibility index (Phi) is 2.88. The van der Waals surface area contributed by atoms with Gasteiger partial charge in [-0.3, -0.25) is 5.32 Å². The van der Waals surface area contributed by atoms with Crippen LogP contribution in [-0.4, -0.2) is 23.4 Å². The molecule has 4 N–H and O–H groups in total. The molecule has 0 spiro atoms. The summed E-state index contributed by atoms with van der Waals surface area (Å²) in [6, 6.07) is 0. The summed E-state index contributed by atoms with van der Waals surface area (Å²) < 4.78 is 0. The molecule has 0 bridgehead atoms. The zero-order valence-electron chi connectivity index (χ0n) is 7.80. The van der Waals surface area contributed by atoms with Crippen molar-refractivity contribution in [1.82, 2.24) is 5.32 Å². The first-order chi connectivity index (χ1) is 5.55. The summed E-state index contributed by atoms with van der Waals surface area (Å²) in [5, 5.41) is 12.6. The first-order valence-corrected chi connectivity index (χ1v) is 4.40. The Morgan fingerprint density at radius 3 is 2.83 bits per heavy atom. The molecule has 1 rings (SSSR count). The van der Waals surface area contributed by atoms with Crippen LogP contribution in [0.2, 0.25) is 0 Å². The minimum atomic E-state index is -0.466. The van der Waals surface area contributed by atoms with E-state index in [0.29, 0.717) is 6.54 Å². The third kappa shape index (κ3) is 2.30. The molecule has 1 heterocycles. The summed E-state index contributed by atoms with van der Waals surface area (Å²) >= 11 is 0. The molecule has 1 unspecified atom stereocenters. The number of aliphatic hydroxyl groups excluding tert-OH is 1. The highest BCUT2D eigenvalue weighted by molar-refractivity contribution is 5.18. The van der Waals surface area contributed by atoms with Gasteiger partial charge in [0.1, 0.15) is 6.23 Å². The fourth-order valence-corrected chi connectivity index (χ4v) is 1.57. The van der Waals surface area contributed by atoms with E-state index in [1.165, 1.54) is 0 Å². The van der Waals surface area contributed by atoms with Crippen LogP contribution < -0.4 is 11.1 Å². The summed E-state index contributed by atoms with van der Waals surface area (Å²) in [5.74, 6) is 0. The van der Waals surface area contributed by atoms with E-state index in [1.807, 2.05) is 6.08 Å². The molecule has 1 saturated heterocycles. The fourth-order valence-electron chi connectivity index (χ4n) is 1.57. The molecule has 12 heavy (non-hydrogen) atoms. The zero-order chi connectivity index (χ0) is 9.19. The van der Waals surface area contributed by atoms with Gasteiger partial charge in [-0.05, 0) is 38.8 Å². The first kappa shape index (κ1) is 9.71. The van der Waals surface area contributed by atoms with Crippen molar-refractivity contribution >= 4 is 0 Å². The van der Waals surface area contributed by atoms with Crippen molar-refractivity contribution in [2.24, 2.45) is 5.73 Å². The average molecular weight is 170 g/mol. The van der Waals surface area contributed by atoms with E-state index in [-0.39, 0.29) is 5.54 Å². The van der Waals surface area contributed by atoms with Crippen LogP contribution in [0.4, 0.5) is 0 Å². The fraction of sp³-hybridized carbons (Fsp3) is 0.778. The SMILES string of the molecule is CC1(C)C/C(=C/CCN)C(O)N1. The van der Waals surface area contributed by atoms with Gasteiger partial charge in [0.2, 0.25) is 0 Å².